The van der Waals surface area contributed by atoms with E-state index in [1.165, 1.54) is 29.6 Å². The molecule has 1 heterocycles. The van der Waals surface area contributed by atoms with Gasteiger partial charge in [-0.3, -0.25) is 9.59 Å². The van der Waals surface area contributed by atoms with Crippen molar-refractivity contribution in [3.8, 4) is 5.75 Å². The molecule has 0 atom stereocenters. The van der Waals surface area contributed by atoms with Crippen molar-refractivity contribution in [3.63, 3.8) is 0 Å². The standard InChI is InChI=1S/C23H28N2O5S/c1-17-6-8-18(9-7-17)21(26)11-13-23(27)24-20-16-19(10-12-22(20)30-2)31(28,29)25-14-4-3-5-15-25/h6-10,12,16H,3-5,11,13-15H2,1-2H3,(H,24,27). The predicted octanol–water partition coefficient (Wildman–Crippen LogP) is 3.78. The molecule has 0 aromatic heterocycles. The monoisotopic (exact) mass is 444 g/mol. The van der Waals surface area contributed by atoms with Crippen molar-refractivity contribution < 1.29 is 22.7 Å². The van der Waals surface area contributed by atoms with Gasteiger partial charge in [-0.1, -0.05) is 36.2 Å². The van der Waals surface area contributed by atoms with E-state index in [4.69, 9.17) is 4.74 Å². The van der Waals surface area contributed by atoms with Gasteiger partial charge >= 0.3 is 0 Å². The molecule has 0 unspecified atom stereocenters. The lowest BCUT2D eigenvalue weighted by molar-refractivity contribution is -0.116. The Labute approximate surface area is 183 Å². The number of nitrogens with zero attached hydrogens (tertiary/aromatic N) is 1. The average Bonchev–Trinajstić information content (AvgIpc) is 2.78. The molecular formula is C23H28N2O5S. The van der Waals surface area contributed by atoms with E-state index >= 15 is 0 Å². The maximum absolute atomic E-state index is 12.9. The fraction of sp³-hybridized carbons (Fsp3) is 0.391. The number of carbonyl (C=O) groups excluding carboxylic acids is 2. The number of rotatable bonds is 8. The van der Waals surface area contributed by atoms with Crippen LogP contribution in [0.4, 0.5) is 5.69 Å². The van der Waals surface area contributed by atoms with Crippen molar-refractivity contribution in [2.24, 2.45) is 0 Å². The third-order valence-electron chi connectivity index (χ3n) is 5.35. The maximum Gasteiger partial charge on any atom is 0.243 e. The zero-order chi connectivity index (χ0) is 22.4. The number of Topliss-reactive ketones (excluding diaryl/α,β-unsaturated/α-hetero) is 1. The molecule has 1 fully saturated rings. The molecule has 1 amide bonds. The molecule has 1 saturated heterocycles. The zero-order valence-corrected chi connectivity index (χ0v) is 18.7. The number of piperidine rings is 1. The molecule has 2 aromatic rings. The third kappa shape index (κ3) is 5.71. The molecule has 0 saturated carbocycles. The molecule has 0 aliphatic carbocycles. The van der Waals surface area contributed by atoms with Gasteiger partial charge in [0, 0.05) is 31.5 Å². The van der Waals surface area contributed by atoms with Gasteiger partial charge in [-0.15, -0.1) is 0 Å². The summed E-state index contributed by atoms with van der Waals surface area (Å²) in [5, 5.41) is 2.69. The van der Waals surface area contributed by atoms with Gasteiger partial charge in [0.1, 0.15) is 5.75 Å². The Morgan fingerprint density at radius 3 is 2.32 bits per heavy atom. The van der Waals surface area contributed by atoms with Crippen molar-refractivity contribution in [3.05, 3.63) is 53.6 Å². The van der Waals surface area contributed by atoms with Crippen LogP contribution in [-0.2, 0) is 14.8 Å². The van der Waals surface area contributed by atoms with Crippen molar-refractivity contribution in [2.45, 2.75) is 43.9 Å². The summed E-state index contributed by atoms with van der Waals surface area (Å²) < 4.78 is 32.6. The average molecular weight is 445 g/mol. The maximum atomic E-state index is 12.9. The van der Waals surface area contributed by atoms with Gasteiger partial charge in [0.15, 0.2) is 5.78 Å². The van der Waals surface area contributed by atoms with Gasteiger partial charge in [0.2, 0.25) is 15.9 Å². The smallest absolute Gasteiger partial charge is 0.243 e. The van der Waals surface area contributed by atoms with Crippen LogP contribution in [0.5, 0.6) is 5.75 Å². The number of hydrogen-bond donors (Lipinski definition) is 1. The molecule has 1 aliphatic heterocycles. The number of methoxy groups -OCH3 is 1. The van der Waals surface area contributed by atoms with Crippen LogP contribution in [0.1, 0.15) is 48.0 Å². The van der Waals surface area contributed by atoms with E-state index in [-0.39, 0.29) is 35.1 Å². The van der Waals surface area contributed by atoms with Crippen molar-refractivity contribution >= 4 is 27.4 Å². The van der Waals surface area contributed by atoms with Crippen LogP contribution < -0.4 is 10.1 Å². The lowest BCUT2D eigenvalue weighted by Gasteiger charge is -2.26. The minimum Gasteiger partial charge on any atom is -0.495 e. The van der Waals surface area contributed by atoms with Crippen LogP contribution in [0.3, 0.4) is 0 Å². The summed E-state index contributed by atoms with van der Waals surface area (Å²) in [5.74, 6) is -0.148. The first kappa shape index (κ1) is 23.0. The van der Waals surface area contributed by atoms with Crippen LogP contribution in [0.25, 0.3) is 0 Å². The van der Waals surface area contributed by atoms with Gasteiger partial charge < -0.3 is 10.1 Å². The van der Waals surface area contributed by atoms with Crippen LogP contribution >= 0.6 is 0 Å². The zero-order valence-electron chi connectivity index (χ0n) is 17.9. The normalized spacial score (nSPS) is 14.8. The summed E-state index contributed by atoms with van der Waals surface area (Å²) in [5.41, 5.74) is 1.89. The minimum absolute atomic E-state index is 0.0149. The quantitative estimate of drug-likeness (QED) is 0.626. The Morgan fingerprint density at radius 1 is 1.00 bits per heavy atom. The first-order chi connectivity index (χ1) is 14.8. The first-order valence-electron chi connectivity index (χ1n) is 10.4. The summed E-state index contributed by atoms with van der Waals surface area (Å²) in [6, 6.07) is 11.6. The number of ketones is 1. The Bertz CT molecular complexity index is 1040. The predicted molar refractivity (Wildman–Crippen MR) is 119 cm³/mol. The SMILES string of the molecule is COc1ccc(S(=O)(=O)N2CCCCC2)cc1NC(=O)CCC(=O)c1ccc(C)cc1. The van der Waals surface area contributed by atoms with Gasteiger partial charge in [0.05, 0.1) is 17.7 Å². The summed E-state index contributed by atoms with van der Waals surface area (Å²) in [6.45, 7) is 2.93. The largest absolute Gasteiger partial charge is 0.495 e. The van der Waals surface area contributed by atoms with Crippen LogP contribution in [0.15, 0.2) is 47.4 Å². The van der Waals surface area contributed by atoms with E-state index < -0.39 is 10.0 Å². The number of anilines is 1. The highest BCUT2D eigenvalue weighted by Crippen LogP contribution is 2.30. The molecule has 1 N–H and O–H groups in total. The number of aryl methyl sites for hydroxylation is 1. The van der Waals surface area contributed by atoms with E-state index in [1.807, 2.05) is 19.1 Å². The molecule has 0 radical (unpaired) electrons. The number of sulfonamides is 1. The summed E-state index contributed by atoms with van der Waals surface area (Å²) in [4.78, 5) is 24.9. The molecule has 2 aromatic carbocycles. The van der Waals surface area contributed by atoms with E-state index in [0.29, 0.717) is 24.4 Å². The fourth-order valence-corrected chi connectivity index (χ4v) is 5.07. The number of hydrogen-bond acceptors (Lipinski definition) is 5. The number of carbonyl (C=O) groups is 2. The lowest BCUT2D eigenvalue weighted by atomic mass is 10.0. The molecular weight excluding hydrogens is 416 g/mol. The Hall–Kier alpha value is -2.71. The second-order valence-corrected chi connectivity index (χ2v) is 9.60. The molecule has 7 nitrogen and oxygen atoms in total. The Balaban J connectivity index is 1.69. The first-order valence-corrected chi connectivity index (χ1v) is 11.8. The van der Waals surface area contributed by atoms with E-state index in [9.17, 15) is 18.0 Å². The summed E-state index contributed by atoms with van der Waals surface area (Å²) in [7, 11) is -2.19. The second-order valence-electron chi connectivity index (χ2n) is 7.66. The van der Waals surface area contributed by atoms with Crippen molar-refractivity contribution in [2.75, 3.05) is 25.5 Å². The highest BCUT2D eigenvalue weighted by atomic mass is 32.2. The van der Waals surface area contributed by atoms with Gasteiger partial charge in [-0.2, -0.15) is 4.31 Å². The van der Waals surface area contributed by atoms with E-state index in [0.717, 1.165) is 24.8 Å². The lowest BCUT2D eigenvalue weighted by Crippen LogP contribution is -2.35. The molecule has 31 heavy (non-hydrogen) atoms. The Kier molecular flexibility index (Phi) is 7.46. The van der Waals surface area contributed by atoms with Crippen molar-refractivity contribution in [1.29, 1.82) is 0 Å². The van der Waals surface area contributed by atoms with Crippen LogP contribution in [-0.4, -0.2) is 44.6 Å². The number of ether oxygens (including phenoxy) is 1. The highest BCUT2D eigenvalue weighted by molar-refractivity contribution is 7.89. The second kappa shape index (κ2) is 10.1. The minimum atomic E-state index is -3.64. The van der Waals surface area contributed by atoms with Crippen LogP contribution in [0, 0.1) is 6.92 Å². The van der Waals surface area contributed by atoms with Crippen molar-refractivity contribution in [1.82, 2.24) is 4.31 Å². The van der Waals surface area contributed by atoms with Gasteiger partial charge in [-0.25, -0.2) is 8.42 Å². The molecule has 8 heteroatoms. The van der Waals surface area contributed by atoms with Gasteiger partial charge in [0.25, 0.3) is 0 Å². The van der Waals surface area contributed by atoms with E-state index in [2.05, 4.69) is 5.32 Å². The third-order valence-corrected chi connectivity index (χ3v) is 7.25. The number of benzene rings is 2. The van der Waals surface area contributed by atoms with Crippen LogP contribution in [0.2, 0.25) is 0 Å². The van der Waals surface area contributed by atoms with E-state index in [1.54, 1.807) is 12.1 Å². The topological polar surface area (TPSA) is 92.8 Å². The Morgan fingerprint density at radius 2 is 1.68 bits per heavy atom. The molecule has 166 valence electrons. The molecule has 1 aliphatic rings. The molecule has 3 rings (SSSR count). The number of amides is 1. The summed E-state index contributed by atoms with van der Waals surface area (Å²) >= 11 is 0. The fourth-order valence-electron chi connectivity index (χ4n) is 3.52. The highest BCUT2D eigenvalue weighted by Gasteiger charge is 2.27. The molecule has 0 spiro atoms. The molecule has 0 bridgehead atoms. The summed E-state index contributed by atoms with van der Waals surface area (Å²) in [6.07, 6.45) is 2.75. The van der Waals surface area contributed by atoms with Gasteiger partial charge in [-0.05, 0) is 38.0 Å². The number of nitrogens with one attached hydrogen (secondary N) is 1.